The number of rotatable bonds is 5. The van der Waals surface area contributed by atoms with Gasteiger partial charge in [-0.1, -0.05) is 13.8 Å². The zero-order chi connectivity index (χ0) is 15.2. The predicted octanol–water partition coefficient (Wildman–Crippen LogP) is 3.09. The molecule has 1 aliphatic heterocycles. The quantitative estimate of drug-likeness (QED) is 0.799. The minimum atomic E-state index is -0.0767. The summed E-state index contributed by atoms with van der Waals surface area (Å²) in [6, 6.07) is 3.85. The standard InChI is InChI=1S/C16H24BrN3O/c1-11(2)13-9-14(20-15(17)10-13)16(21)19-8-5-12-3-6-18-7-4-12/h9-12,18H,3-8H2,1-2H3,(H,19,21). The van der Waals surface area contributed by atoms with E-state index in [0.29, 0.717) is 11.6 Å². The summed E-state index contributed by atoms with van der Waals surface area (Å²) in [5.74, 6) is 1.03. The van der Waals surface area contributed by atoms with Gasteiger partial charge in [-0.3, -0.25) is 4.79 Å². The number of carbonyl (C=O) groups is 1. The molecular formula is C16H24BrN3O. The Labute approximate surface area is 135 Å². The number of piperidine rings is 1. The van der Waals surface area contributed by atoms with Crippen molar-refractivity contribution in [3.8, 4) is 0 Å². The third kappa shape index (κ3) is 5.08. The minimum Gasteiger partial charge on any atom is -0.351 e. The zero-order valence-corrected chi connectivity index (χ0v) is 14.4. The van der Waals surface area contributed by atoms with Gasteiger partial charge < -0.3 is 10.6 Å². The molecule has 0 aliphatic carbocycles. The molecule has 21 heavy (non-hydrogen) atoms. The van der Waals surface area contributed by atoms with E-state index in [0.717, 1.165) is 42.1 Å². The number of nitrogens with zero attached hydrogens (tertiary/aromatic N) is 1. The van der Waals surface area contributed by atoms with E-state index in [2.05, 4.69) is 45.4 Å². The smallest absolute Gasteiger partial charge is 0.269 e. The van der Waals surface area contributed by atoms with Crippen LogP contribution in [0.15, 0.2) is 16.7 Å². The molecule has 1 aromatic heterocycles. The lowest BCUT2D eigenvalue weighted by atomic mass is 9.95. The highest BCUT2D eigenvalue weighted by molar-refractivity contribution is 9.10. The second kappa shape index (κ2) is 7.90. The van der Waals surface area contributed by atoms with Crippen molar-refractivity contribution in [1.82, 2.24) is 15.6 Å². The van der Waals surface area contributed by atoms with Crippen molar-refractivity contribution in [2.75, 3.05) is 19.6 Å². The van der Waals surface area contributed by atoms with Crippen LogP contribution in [-0.4, -0.2) is 30.5 Å². The predicted molar refractivity (Wildman–Crippen MR) is 88.6 cm³/mol. The number of hydrogen-bond acceptors (Lipinski definition) is 3. The maximum Gasteiger partial charge on any atom is 0.269 e. The summed E-state index contributed by atoms with van der Waals surface area (Å²) < 4.78 is 0.720. The Kier molecular flexibility index (Phi) is 6.18. The molecule has 1 saturated heterocycles. The number of nitrogens with one attached hydrogen (secondary N) is 2. The van der Waals surface area contributed by atoms with Crippen LogP contribution in [0.25, 0.3) is 0 Å². The fourth-order valence-corrected chi connectivity index (χ4v) is 3.07. The first kappa shape index (κ1) is 16.4. The van der Waals surface area contributed by atoms with E-state index in [1.807, 2.05) is 12.1 Å². The van der Waals surface area contributed by atoms with Crippen LogP contribution in [0.3, 0.4) is 0 Å². The lowest BCUT2D eigenvalue weighted by Gasteiger charge is -2.22. The van der Waals surface area contributed by atoms with Crippen LogP contribution in [0.5, 0.6) is 0 Å². The fourth-order valence-electron chi connectivity index (χ4n) is 2.62. The summed E-state index contributed by atoms with van der Waals surface area (Å²) in [5.41, 5.74) is 1.62. The first-order valence-corrected chi connectivity index (χ1v) is 8.52. The Morgan fingerprint density at radius 3 is 2.81 bits per heavy atom. The molecule has 2 rings (SSSR count). The van der Waals surface area contributed by atoms with Crippen LogP contribution < -0.4 is 10.6 Å². The normalized spacial score (nSPS) is 16.2. The first-order chi connectivity index (χ1) is 10.1. The summed E-state index contributed by atoms with van der Waals surface area (Å²) >= 11 is 3.38. The second-order valence-electron chi connectivity index (χ2n) is 6.00. The van der Waals surface area contributed by atoms with E-state index in [9.17, 15) is 4.79 Å². The molecule has 0 aromatic carbocycles. The summed E-state index contributed by atoms with van der Waals surface area (Å²) in [4.78, 5) is 16.5. The molecule has 1 fully saturated rings. The Bertz CT molecular complexity index is 484. The van der Waals surface area contributed by atoms with Crippen molar-refractivity contribution < 1.29 is 4.79 Å². The molecule has 1 amide bonds. The fraction of sp³-hybridized carbons (Fsp3) is 0.625. The molecule has 2 heterocycles. The topological polar surface area (TPSA) is 54.0 Å². The van der Waals surface area contributed by atoms with Gasteiger partial charge in [-0.25, -0.2) is 4.98 Å². The maximum atomic E-state index is 12.2. The molecule has 0 spiro atoms. The van der Waals surface area contributed by atoms with Gasteiger partial charge in [0.15, 0.2) is 0 Å². The van der Waals surface area contributed by atoms with Crippen LogP contribution in [0.2, 0.25) is 0 Å². The summed E-state index contributed by atoms with van der Waals surface area (Å²) in [7, 11) is 0. The highest BCUT2D eigenvalue weighted by Crippen LogP contribution is 2.19. The Morgan fingerprint density at radius 1 is 1.43 bits per heavy atom. The van der Waals surface area contributed by atoms with Crippen molar-refractivity contribution in [2.24, 2.45) is 5.92 Å². The Hall–Kier alpha value is -0.940. The molecule has 0 radical (unpaired) electrons. The van der Waals surface area contributed by atoms with Crippen LogP contribution in [0.4, 0.5) is 0 Å². The van der Waals surface area contributed by atoms with E-state index >= 15 is 0 Å². The average Bonchev–Trinajstić information content (AvgIpc) is 2.47. The molecule has 1 aliphatic rings. The molecule has 116 valence electrons. The van der Waals surface area contributed by atoms with E-state index in [1.165, 1.54) is 12.8 Å². The monoisotopic (exact) mass is 353 g/mol. The van der Waals surface area contributed by atoms with Gasteiger partial charge in [0.25, 0.3) is 5.91 Å². The van der Waals surface area contributed by atoms with Crippen molar-refractivity contribution in [3.05, 3.63) is 28.0 Å². The molecule has 1 aromatic rings. The van der Waals surface area contributed by atoms with Gasteiger partial charge >= 0.3 is 0 Å². The number of halogens is 1. The number of aromatic nitrogens is 1. The van der Waals surface area contributed by atoms with E-state index in [1.54, 1.807) is 0 Å². The largest absolute Gasteiger partial charge is 0.351 e. The van der Waals surface area contributed by atoms with E-state index in [4.69, 9.17) is 0 Å². The van der Waals surface area contributed by atoms with E-state index < -0.39 is 0 Å². The molecule has 2 N–H and O–H groups in total. The Balaban J connectivity index is 1.87. The maximum absolute atomic E-state index is 12.2. The lowest BCUT2D eigenvalue weighted by Crippen LogP contribution is -2.31. The van der Waals surface area contributed by atoms with Crippen molar-refractivity contribution in [2.45, 2.75) is 39.0 Å². The molecule has 4 nitrogen and oxygen atoms in total. The van der Waals surface area contributed by atoms with Crippen molar-refractivity contribution in [1.29, 1.82) is 0 Å². The summed E-state index contributed by atoms with van der Waals surface area (Å²) in [6.45, 7) is 7.16. The number of carbonyl (C=O) groups excluding carboxylic acids is 1. The first-order valence-electron chi connectivity index (χ1n) is 7.72. The van der Waals surface area contributed by atoms with Gasteiger partial charge in [-0.2, -0.15) is 0 Å². The molecular weight excluding hydrogens is 330 g/mol. The third-order valence-electron chi connectivity index (χ3n) is 4.01. The minimum absolute atomic E-state index is 0.0767. The average molecular weight is 354 g/mol. The number of hydrogen-bond donors (Lipinski definition) is 2. The lowest BCUT2D eigenvalue weighted by molar-refractivity contribution is 0.0945. The van der Waals surface area contributed by atoms with Gasteiger partial charge in [0.05, 0.1) is 0 Å². The van der Waals surface area contributed by atoms with Crippen molar-refractivity contribution >= 4 is 21.8 Å². The van der Waals surface area contributed by atoms with Crippen LogP contribution in [0, 0.1) is 5.92 Å². The molecule has 0 unspecified atom stereocenters. The van der Waals surface area contributed by atoms with Crippen LogP contribution >= 0.6 is 15.9 Å². The molecule has 0 bridgehead atoms. The van der Waals surface area contributed by atoms with Gasteiger partial charge in [-0.15, -0.1) is 0 Å². The van der Waals surface area contributed by atoms with Crippen LogP contribution in [0.1, 0.15) is 55.1 Å². The number of amides is 1. The highest BCUT2D eigenvalue weighted by atomic mass is 79.9. The third-order valence-corrected chi connectivity index (χ3v) is 4.42. The van der Waals surface area contributed by atoms with Gasteiger partial charge in [0.2, 0.25) is 0 Å². The van der Waals surface area contributed by atoms with Gasteiger partial charge in [0, 0.05) is 6.54 Å². The Morgan fingerprint density at radius 2 is 2.14 bits per heavy atom. The van der Waals surface area contributed by atoms with Gasteiger partial charge in [0.1, 0.15) is 10.3 Å². The van der Waals surface area contributed by atoms with E-state index in [-0.39, 0.29) is 5.91 Å². The summed E-state index contributed by atoms with van der Waals surface area (Å²) in [6.07, 6.45) is 3.48. The molecule has 0 saturated carbocycles. The summed E-state index contributed by atoms with van der Waals surface area (Å²) in [5, 5.41) is 6.36. The SMILES string of the molecule is CC(C)c1cc(Br)nc(C(=O)NCCC2CCNCC2)c1. The molecule has 5 heteroatoms. The van der Waals surface area contributed by atoms with Gasteiger partial charge in [-0.05, 0) is 77.8 Å². The van der Waals surface area contributed by atoms with Crippen LogP contribution in [-0.2, 0) is 0 Å². The number of pyridine rings is 1. The molecule has 0 atom stereocenters. The second-order valence-corrected chi connectivity index (χ2v) is 6.81. The van der Waals surface area contributed by atoms with Crippen molar-refractivity contribution in [3.63, 3.8) is 0 Å². The zero-order valence-electron chi connectivity index (χ0n) is 12.8. The highest BCUT2D eigenvalue weighted by Gasteiger charge is 2.14.